The van der Waals surface area contributed by atoms with Gasteiger partial charge in [-0.25, -0.2) is 4.31 Å². The van der Waals surface area contributed by atoms with Gasteiger partial charge >= 0.3 is 0 Å². The van der Waals surface area contributed by atoms with Gasteiger partial charge in [-0.05, 0) is 39.0 Å². The lowest BCUT2D eigenvalue weighted by molar-refractivity contribution is 0.0903. The summed E-state index contributed by atoms with van der Waals surface area (Å²) >= 11 is 0. The van der Waals surface area contributed by atoms with Crippen LogP contribution in [0.4, 0.5) is 0 Å². The molecule has 0 radical (unpaired) electrons. The molecular weight excluding hydrogens is 330 g/mol. The van der Waals surface area contributed by atoms with Gasteiger partial charge in [0.1, 0.15) is 5.76 Å². The van der Waals surface area contributed by atoms with E-state index in [0.717, 1.165) is 25.0 Å². The minimum atomic E-state index is -2.69. The molecule has 1 aliphatic heterocycles. The van der Waals surface area contributed by atoms with Crippen LogP contribution in [0.25, 0.3) is 0 Å². The van der Waals surface area contributed by atoms with Crippen molar-refractivity contribution in [2.45, 2.75) is 64.0 Å². The van der Waals surface area contributed by atoms with Crippen LogP contribution >= 0.6 is 10.8 Å². The maximum Gasteiger partial charge on any atom is 0.273 e. The maximum absolute atomic E-state index is 12.3. The van der Waals surface area contributed by atoms with Gasteiger partial charge in [-0.2, -0.15) is 0 Å². The zero-order chi connectivity index (χ0) is 17.3. The first kappa shape index (κ1) is 17.7. The SMILES string of the molecule is CCCS(O)(O)N1CC[C@@H](NC(=O)c2cc(C3CC3)on2)C[C@H]1C. The van der Waals surface area contributed by atoms with Crippen molar-refractivity contribution in [2.24, 2.45) is 0 Å². The molecule has 1 saturated carbocycles. The zero-order valence-electron chi connectivity index (χ0n) is 14.3. The first-order valence-corrected chi connectivity index (χ1v) is 10.4. The Morgan fingerprint density at radius 2 is 2.21 bits per heavy atom. The molecule has 2 heterocycles. The maximum atomic E-state index is 12.3. The van der Waals surface area contributed by atoms with Crippen molar-refractivity contribution < 1.29 is 18.4 Å². The summed E-state index contributed by atoms with van der Waals surface area (Å²) < 4.78 is 27.6. The number of nitrogens with one attached hydrogen (secondary N) is 1. The molecule has 1 aromatic heterocycles. The van der Waals surface area contributed by atoms with Crippen molar-refractivity contribution >= 4 is 16.7 Å². The summed E-state index contributed by atoms with van der Waals surface area (Å²) in [6, 6.07) is 1.77. The molecule has 3 rings (SSSR count). The highest BCUT2D eigenvalue weighted by molar-refractivity contribution is 8.22. The fourth-order valence-corrected chi connectivity index (χ4v) is 5.17. The van der Waals surface area contributed by atoms with E-state index in [9.17, 15) is 13.9 Å². The Balaban J connectivity index is 1.54. The van der Waals surface area contributed by atoms with Crippen LogP contribution < -0.4 is 5.32 Å². The lowest BCUT2D eigenvalue weighted by Gasteiger charge is -2.49. The molecule has 2 fully saturated rings. The minimum absolute atomic E-state index is 0.0138. The standard InChI is InChI=1S/C16H27N3O4S/c1-3-8-24(21,22)19-7-6-13(9-11(19)2)17-16(20)14-10-15(23-18-14)12-4-5-12/h10-13,21-22H,3-9H2,1-2H3,(H,17,20)/t11-,13-/m1/s1. The van der Waals surface area contributed by atoms with Crippen molar-refractivity contribution in [1.29, 1.82) is 0 Å². The van der Waals surface area contributed by atoms with Crippen molar-refractivity contribution in [3.05, 3.63) is 17.5 Å². The van der Waals surface area contributed by atoms with E-state index in [0.29, 0.717) is 36.8 Å². The summed E-state index contributed by atoms with van der Waals surface area (Å²) in [5, 5.41) is 6.87. The molecule has 0 bridgehead atoms. The van der Waals surface area contributed by atoms with Crippen LogP contribution in [0, 0.1) is 0 Å². The van der Waals surface area contributed by atoms with Crippen molar-refractivity contribution in [1.82, 2.24) is 14.8 Å². The lowest BCUT2D eigenvalue weighted by Crippen LogP contribution is -2.49. The van der Waals surface area contributed by atoms with Crippen molar-refractivity contribution in [3.8, 4) is 0 Å². The van der Waals surface area contributed by atoms with Crippen LogP contribution in [0.1, 0.15) is 68.1 Å². The Morgan fingerprint density at radius 1 is 1.46 bits per heavy atom. The molecular formula is C16H27N3O4S. The largest absolute Gasteiger partial charge is 0.360 e. The van der Waals surface area contributed by atoms with E-state index in [2.05, 4.69) is 10.5 Å². The van der Waals surface area contributed by atoms with Gasteiger partial charge in [0, 0.05) is 30.6 Å². The number of nitrogens with zero attached hydrogens (tertiary/aromatic N) is 2. The Kier molecular flexibility index (Phi) is 5.19. The van der Waals surface area contributed by atoms with E-state index in [4.69, 9.17) is 4.52 Å². The predicted octanol–water partition coefficient (Wildman–Crippen LogP) is 3.21. The molecule has 0 unspecified atom stereocenters. The third kappa shape index (κ3) is 3.93. The van der Waals surface area contributed by atoms with E-state index in [1.807, 2.05) is 13.8 Å². The first-order chi connectivity index (χ1) is 11.4. The van der Waals surface area contributed by atoms with Gasteiger partial charge in [0.15, 0.2) is 5.69 Å². The number of hydrogen-bond acceptors (Lipinski definition) is 6. The smallest absolute Gasteiger partial charge is 0.273 e. The van der Waals surface area contributed by atoms with Crippen molar-refractivity contribution in [2.75, 3.05) is 12.3 Å². The highest BCUT2D eigenvalue weighted by atomic mass is 32.3. The number of amides is 1. The molecule has 7 nitrogen and oxygen atoms in total. The third-order valence-corrected chi connectivity index (χ3v) is 6.99. The average molecular weight is 357 g/mol. The number of rotatable bonds is 6. The van der Waals surface area contributed by atoms with E-state index < -0.39 is 10.8 Å². The summed E-state index contributed by atoms with van der Waals surface area (Å²) in [6.07, 6.45) is 4.34. The van der Waals surface area contributed by atoms with Gasteiger partial charge in [0.05, 0.1) is 5.75 Å². The zero-order valence-corrected chi connectivity index (χ0v) is 15.1. The molecule has 1 aliphatic carbocycles. The number of carbonyl (C=O) groups is 1. The molecule has 136 valence electrons. The third-order valence-electron chi connectivity index (χ3n) is 4.74. The van der Waals surface area contributed by atoms with Crippen LogP contribution in [-0.4, -0.2) is 48.9 Å². The van der Waals surface area contributed by atoms with Crippen LogP contribution in [0.5, 0.6) is 0 Å². The topological polar surface area (TPSA) is 98.8 Å². The molecule has 0 spiro atoms. The minimum Gasteiger partial charge on any atom is -0.360 e. The van der Waals surface area contributed by atoms with E-state index in [1.54, 1.807) is 10.4 Å². The Hall–Kier alpha value is -1.09. The van der Waals surface area contributed by atoms with Gasteiger partial charge in [0.2, 0.25) is 0 Å². The monoisotopic (exact) mass is 357 g/mol. The quantitative estimate of drug-likeness (QED) is 0.723. The highest BCUT2D eigenvalue weighted by Crippen LogP contribution is 2.47. The average Bonchev–Trinajstić information content (AvgIpc) is 3.24. The van der Waals surface area contributed by atoms with Crippen LogP contribution in [0.15, 0.2) is 10.6 Å². The lowest BCUT2D eigenvalue weighted by atomic mass is 10.0. The van der Waals surface area contributed by atoms with Gasteiger partial charge in [-0.3, -0.25) is 13.9 Å². The molecule has 1 aromatic rings. The molecule has 24 heavy (non-hydrogen) atoms. The molecule has 0 aromatic carbocycles. The second-order valence-electron chi connectivity index (χ2n) is 6.91. The summed E-state index contributed by atoms with van der Waals surface area (Å²) in [7, 11) is -2.69. The summed E-state index contributed by atoms with van der Waals surface area (Å²) in [4.78, 5) is 12.3. The van der Waals surface area contributed by atoms with Crippen LogP contribution in [0.2, 0.25) is 0 Å². The Morgan fingerprint density at radius 3 is 2.83 bits per heavy atom. The Bertz CT molecular complexity index is 588. The second kappa shape index (κ2) is 7.03. The number of piperidine rings is 1. The molecule has 3 N–H and O–H groups in total. The number of aromatic nitrogens is 1. The van der Waals surface area contributed by atoms with Crippen LogP contribution in [0.3, 0.4) is 0 Å². The van der Waals surface area contributed by atoms with Gasteiger partial charge in [-0.1, -0.05) is 12.1 Å². The molecule has 8 heteroatoms. The fourth-order valence-electron chi connectivity index (χ4n) is 3.32. The molecule has 1 amide bonds. The molecule has 1 saturated heterocycles. The van der Waals surface area contributed by atoms with E-state index in [-0.39, 0.29) is 18.0 Å². The summed E-state index contributed by atoms with van der Waals surface area (Å²) in [5.74, 6) is 1.43. The Labute approximate surface area is 144 Å². The second-order valence-corrected chi connectivity index (χ2v) is 9.05. The predicted molar refractivity (Wildman–Crippen MR) is 93.1 cm³/mol. The number of hydrogen-bond donors (Lipinski definition) is 3. The van der Waals surface area contributed by atoms with Gasteiger partial charge in [0.25, 0.3) is 5.91 Å². The normalized spacial score (nSPS) is 26.3. The van der Waals surface area contributed by atoms with Crippen molar-refractivity contribution in [3.63, 3.8) is 0 Å². The van der Waals surface area contributed by atoms with E-state index in [1.165, 1.54) is 0 Å². The number of carbonyl (C=O) groups excluding carboxylic acids is 1. The molecule has 2 aliphatic rings. The summed E-state index contributed by atoms with van der Waals surface area (Å²) in [6.45, 7) is 4.49. The molecule has 2 atom stereocenters. The van der Waals surface area contributed by atoms with Gasteiger partial charge in [-0.15, -0.1) is 10.8 Å². The van der Waals surface area contributed by atoms with Crippen LogP contribution in [-0.2, 0) is 0 Å². The first-order valence-electron chi connectivity index (χ1n) is 8.71. The van der Waals surface area contributed by atoms with E-state index >= 15 is 0 Å². The fraction of sp³-hybridized carbons (Fsp3) is 0.750. The summed E-state index contributed by atoms with van der Waals surface area (Å²) in [5.41, 5.74) is 0.335. The highest BCUT2D eigenvalue weighted by Gasteiger charge is 2.34. The van der Waals surface area contributed by atoms with Gasteiger partial charge < -0.3 is 9.84 Å².